The summed E-state index contributed by atoms with van der Waals surface area (Å²) in [6.45, 7) is 6.01. The Morgan fingerprint density at radius 3 is 2.47 bits per heavy atom. The van der Waals surface area contributed by atoms with Crippen LogP contribution in [0.15, 0.2) is 30.3 Å². The topological polar surface area (TPSA) is 43.8 Å². The van der Waals surface area contributed by atoms with E-state index in [4.69, 9.17) is 5.73 Å². The van der Waals surface area contributed by atoms with Crippen molar-refractivity contribution in [1.29, 1.82) is 0 Å². The van der Waals surface area contributed by atoms with Crippen LogP contribution in [0.1, 0.15) is 20.8 Å². The summed E-state index contributed by atoms with van der Waals surface area (Å²) < 4.78 is 15.5. The highest BCUT2D eigenvalue weighted by atomic mass is 19.1. The molecule has 0 bridgehead atoms. The van der Waals surface area contributed by atoms with E-state index in [9.17, 15) is 4.39 Å². The summed E-state index contributed by atoms with van der Waals surface area (Å²) in [4.78, 5) is 0. The molecule has 2 N–H and O–H groups in total. The highest BCUT2D eigenvalue weighted by Gasteiger charge is 2.21. The normalized spacial score (nSPS) is 11.8. The molecule has 0 saturated carbocycles. The minimum atomic E-state index is -0.266. The quantitative estimate of drug-likeness (QED) is 0.822. The Labute approximate surface area is 100 Å². The predicted octanol–water partition coefficient (Wildman–Crippen LogP) is 3.03. The number of nitrogen functional groups attached to an aromatic ring is 1. The molecule has 17 heavy (non-hydrogen) atoms. The molecular formula is C13H16FN3. The van der Waals surface area contributed by atoms with Crippen LogP contribution in [0.2, 0.25) is 0 Å². The van der Waals surface area contributed by atoms with Gasteiger partial charge in [-0.2, -0.15) is 5.10 Å². The molecule has 0 amide bonds. The summed E-state index contributed by atoms with van der Waals surface area (Å²) in [6, 6.07) is 8.33. The van der Waals surface area contributed by atoms with Gasteiger partial charge in [-0.1, -0.05) is 12.1 Å². The lowest BCUT2D eigenvalue weighted by atomic mass is 10.1. The zero-order valence-electron chi connectivity index (χ0n) is 10.2. The molecule has 0 aliphatic carbocycles. The number of rotatable bonds is 1. The lowest BCUT2D eigenvalue weighted by Gasteiger charge is -2.22. The fourth-order valence-corrected chi connectivity index (χ4v) is 1.77. The van der Waals surface area contributed by atoms with Gasteiger partial charge in [0, 0.05) is 11.6 Å². The number of benzene rings is 1. The molecule has 0 radical (unpaired) electrons. The van der Waals surface area contributed by atoms with E-state index in [1.807, 2.05) is 20.8 Å². The van der Waals surface area contributed by atoms with Crippen LogP contribution in [-0.2, 0) is 5.54 Å². The van der Waals surface area contributed by atoms with Gasteiger partial charge in [0.25, 0.3) is 0 Å². The zero-order valence-corrected chi connectivity index (χ0v) is 10.2. The zero-order chi connectivity index (χ0) is 12.6. The fourth-order valence-electron chi connectivity index (χ4n) is 1.77. The van der Waals surface area contributed by atoms with E-state index in [0.717, 1.165) is 0 Å². The average molecular weight is 233 g/mol. The number of nitrogens with two attached hydrogens (primary N) is 1. The largest absolute Gasteiger partial charge is 0.382 e. The molecule has 0 aliphatic rings. The Kier molecular flexibility index (Phi) is 2.65. The van der Waals surface area contributed by atoms with Gasteiger partial charge in [-0.15, -0.1) is 0 Å². The van der Waals surface area contributed by atoms with Gasteiger partial charge in [-0.05, 0) is 32.9 Å². The van der Waals surface area contributed by atoms with Gasteiger partial charge in [-0.3, -0.25) is 4.68 Å². The smallest absolute Gasteiger partial charge is 0.146 e. The van der Waals surface area contributed by atoms with E-state index in [1.54, 1.807) is 28.9 Å². The third kappa shape index (κ3) is 2.16. The van der Waals surface area contributed by atoms with Gasteiger partial charge in [0.1, 0.15) is 11.6 Å². The van der Waals surface area contributed by atoms with E-state index in [-0.39, 0.29) is 11.4 Å². The van der Waals surface area contributed by atoms with E-state index in [1.165, 1.54) is 6.07 Å². The second-order valence-electron chi connectivity index (χ2n) is 5.02. The third-order valence-corrected chi connectivity index (χ3v) is 2.51. The predicted molar refractivity (Wildman–Crippen MR) is 67.0 cm³/mol. The summed E-state index contributed by atoms with van der Waals surface area (Å²) in [5, 5.41) is 4.23. The summed E-state index contributed by atoms with van der Waals surface area (Å²) >= 11 is 0. The number of nitrogens with zero attached hydrogens (tertiary/aromatic N) is 2. The number of aromatic nitrogens is 2. The van der Waals surface area contributed by atoms with Gasteiger partial charge in [0.15, 0.2) is 0 Å². The van der Waals surface area contributed by atoms with Crippen molar-refractivity contribution in [1.82, 2.24) is 9.78 Å². The molecule has 4 heteroatoms. The first-order valence-corrected chi connectivity index (χ1v) is 5.50. The first-order chi connectivity index (χ1) is 7.89. The molecule has 0 saturated heterocycles. The Morgan fingerprint density at radius 1 is 1.24 bits per heavy atom. The van der Waals surface area contributed by atoms with E-state index >= 15 is 0 Å². The van der Waals surface area contributed by atoms with Crippen molar-refractivity contribution < 1.29 is 4.39 Å². The minimum Gasteiger partial charge on any atom is -0.382 e. The van der Waals surface area contributed by atoms with Crippen LogP contribution in [-0.4, -0.2) is 9.78 Å². The van der Waals surface area contributed by atoms with E-state index < -0.39 is 0 Å². The molecule has 2 aromatic rings. The van der Waals surface area contributed by atoms with Crippen LogP contribution in [0, 0.1) is 5.82 Å². The molecule has 3 nitrogen and oxygen atoms in total. The maximum Gasteiger partial charge on any atom is 0.146 e. The molecule has 1 aromatic carbocycles. The maximum absolute atomic E-state index is 13.8. The number of halogens is 1. The molecule has 0 spiro atoms. The van der Waals surface area contributed by atoms with E-state index in [2.05, 4.69) is 5.10 Å². The van der Waals surface area contributed by atoms with Crippen molar-refractivity contribution in [2.45, 2.75) is 26.3 Å². The SMILES string of the molecule is CC(C)(C)n1nc(N)cc1-c1ccccc1F. The second kappa shape index (κ2) is 3.87. The molecule has 90 valence electrons. The molecule has 0 fully saturated rings. The maximum atomic E-state index is 13.8. The first-order valence-electron chi connectivity index (χ1n) is 5.50. The average Bonchev–Trinajstić information content (AvgIpc) is 2.60. The van der Waals surface area contributed by atoms with Crippen molar-refractivity contribution in [3.63, 3.8) is 0 Å². The van der Waals surface area contributed by atoms with Crippen LogP contribution >= 0.6 is 0 Å². The summed E-state index contributed by atoms with van der Waals surface area (Å²) in [5.74, 6) is 0.135. The molecule has 0 aliphatic heterocycles. The van der Waals surface area contributed by atoms with Gasteiger partial charge in [0.05, 0.1) is 11.2 Å². The fraction of sp³-hybridized carbons (Fsp3) is 0.308. The van der Waals surface area contributed by atoms with Gasteiger partial charge in [-0.25, -0.2) is 4.39 Å². The van der Waals surface area contributed by atoms with Gasteiger partial charge >= 0.3 is 0 Å². The minimum absolute atomic E-state index is 0.241. The highest BCUT2D eigenvalue weighted by molar-refractivity contribution is 5.63. The van der Waals surface area contributed by atoms with Crippen molar-refractivity contribution in [3.8, 4) is 11.3 Å². The number of hydrogen-bond donors (Lipinski definition) is 1. The van der Waals surface area contributed by atoms with Crippen molar-refractivity contribution in [2.75, 3.05) is 5.73 Å². The first kappa shape index (κ1) is 11.6. The molecule has 1 heterocycles. The number of hydrogen-bond acceptors (Lipinski definition) is 2. The second-order valence-corrected chi connectivity index (χ2v) is 5.02. The Morgan fingerprint density at radius 2 is 1.88 bits per heavy atom. The molecule has 0 unspecified atom stereocenters. The van der Waals surface area contributed by atoms with Crippen molar-refractivity contribution >= 4 is 5.82 Å². The third-order valence-electron chi connectivity index (χ3n) is 2.51. The monoisotopic (exact) mass is 233 g/mol. The van der Waals surface area contributed by atoms with Gasteiger partial charge in [0.2, 0.25) is 0 Å². The summed E-state index contributed by atoms with van der Waals surface area (Å²) in [7, 11) is 0. The van der Waals surface area contributed by atoms with Crippen molar-refractivity contribution in [2.24, 2.45) is 0 Å². The lowest BCUT2D eigenvalue weighted by molar-refractivity contribution is 0.360. The molecule has 2 rings (SSSR count). The van der Waals surface area contributed by atoms with Crippen LogP contribution in [0.3, 0.4) is 0 Å². The van der Waals surface area contributed by atoms with Crippen LogP contribution in [0.4, 0.5) is 10.2 Å². The van der Waals surface area contributed by atoms with Crippen molar-refractivity contribution in [3.05, 3.63) is 36.1 Å². The van der Waals surface area contributed by atoms with Gasteiger partial charge < -0.3 is 5.73 Å². The molecule has 0 atom stereocenters. The summed E-state index contributed by atoms with van der Waals surface area (Å²) in [6.07, 6.45) is 0. The van der Waals surface area contributed by atoms with Crippen LogP contribution < -0.4 is 5.73 Å². The van der Waals surface area contributed by atoms with E-state index in [0.29, 0.717) is 17.1 Å². The van der Waals surface area contributed by atoms with Crippen LogP contribution in [0.5, 0.6) is 0 Å². The molecule has 1 aromatic heterocycles. The number of anilines is 1. The molecular weight excluding hydrogens is 217 g/mol. The standard InChI is InChI=1S/C13H16FN3/c1-13(2,3)17-11(8-12(15)16-17)9-6-4-5-7-10(9)14/h4-8H,1-3H3,(H2,15,16). The lowest BCUT2D eigenvalue weighted by Crippen LogP contribution is -2.24. The Balaban J connectivity index is 2.64. The Bertz CT molecular complexity index is 538. The Hall–Kier alpha value is -1.84. The van der Waals surface area contributed by atoms with Crippen LogP contribution in [0.25, 0.3) is 11.3 Å². The summed E-state index contributed by atoms with van der Waals surface area (Å²) in [5.41, 5.74) is 6.69. The highest BCUT2D eigenvalue weighted by Crippen LogP contribution is 2.28.